The van der Waals surface area contributed by atoms with E-state index in [0.29, 0.717) is 5.69 Å². The van der Waals surface area contributed by atoms with E-state index in [1.54, 1.807) is 24.3 Å². The summed E-state index contributed by atoms with van der Waals surface area (Å²) in [5.41, 5.74) is 6.64. The van der Waals surface area contributed by atoms with E-state index in [0.717, 1.165) is 22.2 Å². The topological polar surface area (TPSA) is 63.4 Å². The zero-order valence-electron chi connectivity index (χ0n) is 17.6. The number of fused-ring (bicyclic) bond motifs is 1. The number of nitrogen functional groups attached to an aromatic ring is 1. The Bertz CT molecular complexity index is 945. The van der Waals surface area contributed by atoms with Crippen molar-refractivity contribution in [1.29, 1.82) is 0 Å². The average molecular weight is 539 g/mol. The molecule has 1 unspecified atom stereocenters. The van der Waals surface area contributed by atoms with Crippen LogP contribution in [0, 0.1) is 5.41 Å². The van der Waals surface area contributed by atoms with Gasteiger partial charge in [-0.2, -0.15) is 0 Å². The van der Waals surface area contributed by atoms with Gasteiger partial charge in [0.15, 0.2) is 0 Å². The molecule has 0 aromatic heterocycles. The molecule has 0 saturated heterocycles. The average Bonchev–Trinajstić information content (AvgIpc) is 3.10. The summed E-state index contributed by atoms with van der Waals surface area (Å²) in [6, 6.07) is 15.2. The predicted molar refractivity (Wildman–Crippen MR) is 126 cm³/mol. The number of sulfonamides is 1. The van der Waals surface area contributed by atoms with Gasteiger partial charge < -0.3 is 0 Å². The first kappa shape index (κ1) is 23.0. The van der Waals surface area contributed by atoms with Crippen LogP contribution in [0.1, 0.15) is 52.9 Å². The molecule has 1 aliphatic heterocycles. The second-order valence-corrected chi connectivity index (χ2v) is 20.5. The molecule has 0 radical (unpaired) electrons. The number of nitrogens with two attached hydrogens (primary N) is 1. The SMILES string of the molecule is CCCCC(CC)(CC)[CH2][SnH]1[c]2ccccc2S[N]1S(=O)(=O)c1ccccc1N. The molecule has 158 valence electrons. The van der Waals surface area contributed by atoms with Crippen LogP contribution in [0.5, 0.6) is 0 Å². The summed E-state index contributed by atoms with van der Waals surface area (Å²) in [5.74, 6) is 0. The Balaban J connectivity index is 2.04. The molecular formula is C22H32N2O2S2Sn. The molecule has 0 spiro atoms. The molecule has 0 bridgehead atoms. The molecule has 0 saturated carbocycles. The Hall–Kier alpha value is -0.701. The van der Waals surface area contributed by atoms with Gasteiger partial charge in [0.1, 0.15) is 0 Å². The van der Waals surface area contributed by atoms with Crippen molar-refractivity contribution in [2.24, 2.45) is 5.41 Å². The van der Waals surface area contributed by atoms with Crippen molar-refractivity contribution in [3.63, 3.8) is 0 Å². The monoisotopic (exact) mass is 540 g/mol. The molecule has 2 aromatic rings. The van der Waals surface area contributed by atoms with Crippen LogP contribution in [0.2, 0.25) is 4.44 Å². The van der Waals surface area contributed by atoms with Crippen LogP contribution in [-0.4, -0.2) is 30.4 Å². The first-order valence-electron chi connectivity index (χ1n) is 10.5. The molecule has 1 atom stereocenters. The summed E-state index contributed by atoms with van der Waals surface area (Å²) in [6.45, 7) is 6.77. The third-order valence-corrected chi connectivity index (χ3v) is 25.1. The number of benzene rings is 2. The number of para-hydroxylation sites is 1. The van der Waals surface area contributed by atoms with Crippen molar-refractivity contribution in [3.8, 4) is 0 Å². The van der Waals surface area contributed by atoms with E-state index >= 15 is 0 Å². The van der Waals surface area contributed by atoms with E-state index in [1.165, 1.54) is 34.8 Å². The van der Waals surface area contributed by atoms with Crippen LogP contribution in [-0.2, 0) is 10.0 Å². The standard InChI is InChI=1S/C12H10N2O2S2.C10H21.Sn.H/c13-11-8-4-5-9-12(11)18(15,16)14-17-10-6-2-1-3-7-10;1-5-8-9-10(4,6-2)7-3;;/h1-6,8-9H,13H2;4-9H2,1-3H3;;/q-1;;+1;. The van der Waals surface area contributed by atoms with Crippen molar-refractivity contribution in [2.75, 3.05) is 5.73 Å². The van der Waals surface area contributed by atoms with Gasteiger partial charge in [0.05, 0.1) is 0 Å². The van der Waals surface area contributed by atoms with E-state index in [-0.39, 0.29) is 10.3 Å². The van der Waals surface area contributed by atoms with Gasteiger partial charge in [-0.15, -0.1) is 0 Å². The predicted octanol–water partition coefficient (Wildman–Crippen LogP) is 4.91. The number of nitrogens with zero attached hydrogens (tertiary/aromatic N) is 1. The van der Waals surface area contributed by atoms with Crippen LogP contribution in [0.15, 0.2) is 58.3 Å². The molecular weight excluding hydrogens is 507 g/mol. The van der Waals surface area contributed by atoms with Crippen molar-refractivity contribution in [3.05, 3.63) is 48.5 Å². The molecule has 7 heteroatoms. The Labute approximate surface area is 187 Å². The summed E-state index contributed by atoms with van der Waals surface area (Å²) in [4.78, 5) is 1.36. The Kier molecular flexibility index (Phi) is 7.62. The normalized spacial score (nSPS) is 17.4. The van der Waals surface area contributed by atoms with Crippen molar-refractivity contribution < 1.29 is 8.42 Å². The Morgan fingerprint density at radius 1 is 1.03 bits per heavy atom. The van der Waals surface area contributed by atoms with Gasteiger partial charge in [0.2, 0.25) is 0 Å². The minimum atomic E-state index is -3.63. The molecule has 2 aromatic carbocycles. The molecule has 0 fully saturated rings. The molecule has 0 aliphatic carbocycles. The van der Waals surface area contributed by atoms with Crippen LogP contribution in [0.4, 0.5) is 5.69 Å². The molecule has 29 heavy (non-hydrogen) atoms. The van der Waals surface area contributed by atoms with E-state index in [9.17, 15) is 8.42 Å². The van der Waals surface area contributed by atoms with Crippen LogP contribution < -0.4 is 9.31 Å². The first-order chi connectivity index (χ1) is 13.9. The molecule has 0 amide bonds. The second-order valence-electron chi connectivity index (χ2n) is 7.96. The number of anilines is 1. The molecule has 1 heterocycles. The summed E-state index contributed by atoms with van der Waals surface area (Å²) >= 11 is -1.45. The van der Waals surface area contributed by atoms with Gasteiger partial charge >= 0.3 is 188 Å². The van der Waals surface area contributed by atoms with Crippen molar-refractivity contribution in [1.82, 2.24) is 1.93 Å². The fourth-order valence-corrected chi connectivity index (χ4v) is 25.2. The zero-order chi connectivity index (χ0) is 21.1. The van der Waals surface area contributed by atoms with Gasteiger partial charge in [0.25, 0.3) is 0 Å². The third kappa shape index (κ3) is 4.65. The first-order valence-corrected chi connectivity index (χ1v) is 18.2. The van der Waals surface area contributed by atoms with E-state index in [1.807, 2.05) is 8.00 Å². The summed E-state index contributed by atoms with van der Waals surface area (Å²) < 4.78 is 31.6. The maximum absolute atomic E-state index is 13.7. The number of unbranched alkanes of at least 4 members (excludes halogenated alkanes) is 1. The summed E-state index contributed by atoms with van der Waals surface area (Å²) in [5, 5.41) is 0. The number of rotatable bonds is 9. The fourth-order valence-electron chi connectivity index (χ4n) is 4.28. The van der Waals surface area contributed by atoms with Crippen LogP contribution >= 0.6 is 11.9 Å². The Morgan fingerprint density at radius 2 is 1.69 bits per heavy atom. The van der Waals surface area contributed by atoms with Gasteiger partial charge in [-0.1, -0.05) is 0 Å². The third-order valence-electron chi connectivity index (χ3n) is 6.34. The van der Waals surface area contributed by atoms with Crippen LogP contribution in [0.25, 0.3) is 0 Å². The summed E-state index contributed by atoms with van der Waals surface area (Å²) in [7, 11) is -3.63. The van der Waals surface area contributed by atoms with Crippen molar-refractivity contribution >= 4 is 51.3 Å². The van der Waals surface area contributed by atoms with E-state index in [4.69, 9.17) is 5.73 Å². The number of hydrogen-bond acceptors (Lipinski definition) is 4. The van der Waals surface area contributed by atoms with Crippen LogP contribution in [0.3, 0.4) is 0 Å². The second kappa shape index (κ2) is 9.62. The van der Waals surface area contributed by atoms with Gasteiger partial charge in [-0.05, 0) is 0 Å². The van der Waals surface area contributed by atoms with E-state index < -0.39 is 30.1 Å². The minimum absolute atomic E-state index is 0.227. The molecule has 1 aliphatic rings. The van der Waals surface area contributed by atoms with Crippen molar-refractivity contribution in [2.45, 2.75) is 67.1 Å². The summed E-state index contributed by atoms with van der Waals surface area (Å²) in [6.07, 6.45) is 5.76. The fraction of sp³-hybridized carbons (Fsp3) is 0.455. The maximum atomic E-state index is 13.7. The van der Waals surface area contributed by atoms with Gasteiger partial charge in [-0.3, -0.25) is 0 Å². The zero-order valence-corrected chi connectivity index (χ0v) is 22.5. The van der Waals surface area contributed by atoms with Gasteiger partial charge in [0, 0.05) is 0 Å². The van der Waals surface area contributed by atoms with E-state index in [2.05, 4.69) is 39.0 Å². The van der Waals surface area contributed by atoms with Gasteiger partial charge in [-0.25, -0.2) is 0 Å². The molecule has 4 nitrogen and oxygen atoms in total. The molecule has 2 N–H and O–H groups in total. The number of hydrogen-bond donors (Lipinski definition) is 1. The molecule has 3 rings (SSSR count). The quantitative estimate of drug-likeness (QED) is 0.280. The Morgan fingerprint density at radius 3 is 2.34 bits per heavy atom.